The number of sulfone groups is 1. The van der Waals surface area contributed by atoms with E-state index in [0.29, 0.717) is 62.7 Å². The Hall–Kier alpha value is -14.4. The number of nitriles is 6. The number of benzene rings is 11. The summed E-state index contributed by atoms with van der Waals surface area (Å²) in [5.74, 6) is 0. The molecule has 2 aliphatic heterocycles. The zero-order chi connectivity index (χ0) is 77.0. The molecule has 0 atom stereocenters. The molecule has 13 aromatic rings. The van der Waals surface area contributed by atoms with Gasteiger partial charge in [0.2, 0.25) is 23.3 Å². The van der Waals surface area contributed by atoms with E-state index < -0.39 is 9.84 Å². The second-order valence-corrected chi connectivity index (χ2v) is 26.5. The van der Waals surface area contributed by atoms with Crippen molar-refractivity contribution in [1.82, 2.24) is 15.0 Å². The Morgan fingerprint density at radius 2 is 0.759 bits per heavy atom. The van der Waals surface area contributed by atoms with Crippen LogP contribution in [0.15, 0.2) is 326 Å². The highest BCUT2D eigenvalue weighted by Crippen LogP contribution is 2.45. The molecule has 2 aliphatic rings. The highest BCUT2D eigenvalue weighted by atomic mass is 32.2. The Bertz CT molecular complexity index is 5270. The standard InChI is InChI=1S/C24H18B2.C15H14O2S.C9H6N2.3C8H7N.C7H5N.C6H5N3.C6H4N2.5CH4/c1-3-11-19(12-4-1)25-21-15-7-9-17-23(21)26(20-13-5-2-6-14-20)24-18-10-8-16-22(24)25;1-15(2)11-7-3-5-9-13(11)18(16,17)14-10-6-4-8-12(14)15;1-7-3-8(6-10)5-9(4-7)11-2;1-7-3-5-8(9-2)6-4-7;1-7-3-2-4-8(5-7)6-9;1-7-4-2-3-5-8(7)6-9;8-6-7-4-2-1-3-5-7;1-5-6(4-7)9-3-2-8-5;7-5-6-1-3-8-4-2-6;;;;;/h1-18H;3-10H,1-2H3;3-5H,1H3;3-6H,1H3;2*2-5H,1H3;1-5H;2-3H,1H3;1-4H;5*1H4. The number of nitrogens with zero attached hydrogens (tertiary/aromatic N) is 11. The lowest BCUT2D eigenvalue weighted by Gasteiger charge is -2.34. The van der Waals surface area contributed by atoms with Crippen LogP contribution in [0.3, 0.4) is 0 Å². The number of hydrogen-bond acceptors (Lipinski definition) is 11. The summed E-state index contributed by atoms with van der Waals surface area (Å²) in [5.41, 5.74) is 19.9. The Morgan fingerprint density at radius 1 is 0.357 bits per heavy atom. The van der Waals surface area contributed by atoms with Gasteiger partial charge in [-0.25, -0.2) is 23.1 Å². The summed E-state index contributed by atoms with van der Waals surface area (Å²) in [6, 6.07) is 106. The van der Waals surface area contributed by atoms with Crippen molar-refractivity contribution < 1.29 is 8.42 Å². The normalized spacial score (nSPS) is 10.6. The molecule has 16 heteroatoms. The Kier molecular flexibility index (Phi) is 40.2. The maximum Gasteiger partial charge on any atom is 0.240 e. The lowest BCUT2D eigenvalue weighted by molar-refractivity contribution is 0.555. The van der Waals surface area contributed by atoms with Gasteiger partial charge in [0, 0.05) is 35.8 Å². The molecule has 0 aliphatic carbocycles. The van der Waals surface area contributed by atoms with E-state index in [1.54, 1.807) is 98.3 Å². The molecule has 15 rings (SSSR count). The summed E-state index contributed by atoms with van der Waals surface area (Å²) in [4.78, 5) is 18.8. The van der Waals surface area contributed by atoms with Gasteiger partial charge in [-0.1, -0.05) is 319 Å². The van der Waals surface area contributed by atoms with Crippen molar-refractivity contribution in [3.8, 4) is 36.4 Å². The molecule has 2 aromatic heterocycles. The van der Waals surface area contributed by atoms with Crippen molar-refractivity contribution in [3.63, 3.8) is 0 Å². The molecular weight excluding hydrogens is 1390 g/mol. The Morgan fingerprint density at radius 3 is 1.14 bits per heavy atom. The van der Waals surface area contributed by atoms with Crippen LogP contribution in [0.4, 0.5) is 11.4 Å². The molecule has 0 N–H and O–H groups in total. The SMILES string of the molecule is C.C.C.C.C.CC1(C)c2ccccc2S(=O)(=O)c2ccccc21.Cc1cccc(C#N)c1.Cc1ccccc1C#N.Cc1nccnc1C#N.N#Cc1ccccc1.N#Cc1ccncc1.[C-]#[N+]c1cc(C)cc(C#N)c1.[C-]#[N+]c1ccc(C)cc1.c1ccc(B2c3ccccc3B(c3ccccc3)c3ccccc32)cc1. The molecule has 13 nitrogen and oxygen atoms in total. The van der Waals surface area contributed by atoms with Crippen LogP contribution in [-0.2, 0) is 15.3 Å². The van der Waals surface area contributed by atoms with Gasteiger partial charge in [-0.2, -0.15) is 31.6 Å². The van der Waals surface area contributed by atoms with E-state index in [1.165, 1.54) is 44.5 Å². The molecule has 11 aromatic carbocycles. The molecule has 0 spiro atoms. The predicted molar refractivity (Wildman–Crippen MR) is 462 cm³/mol. The van der Waals surface area contributed by atoms with E-state index in [4.69, 9.17) is 44.7 Å². The van der Waals surface area contributed by atoms with Crippen LogP contribution in [0, 0.1) is 116 Å². The number of hydrogen-bond donors (Lipinski definition) is 0. The third kappa shape index (κ3) is 26.6. The van der Waals surface area contributed by atoms with Crippen LogP contribution in [0.2, 0.25) is 0 Å². The van der Waals surface area contributed by atoms with Crippen LogP contribution in [-0.4, -0.2) is 36.8 Å². The van der Waals surface area contributed by atoms with Crippen LogP contribution in [0.1, 0.15) is 124 Å². The van der Waals surface area contributed by atoms with Gasteiger partial charge in [-0.3, -0.25) is 9.97 Å². The van der Waals surface area contributed by atoms with E-state index in [1.807, 2.05) is 161 Å². The zero-order valence-electron chi connectivity index (χ0n) is 60.3. The largest absolute Gasteiger partial charge is 0.265 e. The van der Waals surface area contributed by atoms with Gasteiger partial charge in [0.1, 0.15) is 6.07 Å². The van der Waals surface area contributed by atoms with Gasteiger partial charge in [-0.05, 0) is 124 Å². The average Bonchev–Trinajstić information content (AvgIpc) is 0.728. The number of fused-ring (bicyclic) bond motifs is 4. The molecule has 556 valence electrons. The fraction of sp³-hybridized carbons (Fsp3) is 0.135. The van der Waals surface area contributed by atoms with Crippen molar-refractivity contribution in [2.75, 3.05) is 0 Å². The van der Waals surface area contributed by atoms with Gasteiger partial charge in [0.05, 0.1) is 81.2 Å². The molecule has 4 heterocycles. The fourth-order valence-corrected chi connectivity index (χ4v) is 13.5. The van der Waals surface area contributed by atoms with Gasteiger partial charge in [0.15, 0.2) is 17.1 Å². The van der Waals surface area contributed by atoms with E-state index >= 15 is 0 Å². The smallest absolute Gasteiger partial charge is 0.240 e. The first-order chi connectivity index (χ1) is 51.8. The molecule has 0 saturated heterocycles. The third-order valence-electron chi connectivity index (χ3n) is 16.8. The van der Waals surface area contributed by atoms with E-state index in [0.717, 1.165) is 38.9 Å². The number of aromatic nitrogens is 3. The van der Waals surface area contributed by atoms with E-state index in [2.05, 4.69) is 160 Å². The van der Waals surface area contributed by atoms with Crippen molar-refractivity contribution >= 4 is 67.4 Å². The number of pyridine rings is 1. The highest BCUT2D eigenvalue weighted by molar-refractivity contribution is 7.91. The van der Waals surface area contributed by atoms with Crippen molar-refractivity contribution in [1.29, 1.82) is 31.6 Å². The van der Waals surface area contributed by atoms with Gasteiger partial charge < -0.3 is 0 Å². The second-order valence-electron chi connectivity index (χ2n) is 24.6. The number of aryl methyl sites for hydroxylation is 5. The quantitative estimate of drug-likeness (QED) is 0.117. The maximum absolute atomic E-state index is 12.6. The first kappa shape index (κ1) is 93.7. The minimum Gasteiger partial charge on any atom is -0.265 e. The van der Waals surface area contributed by atoms with Crippen LogP contribution in [0.5, 0.6) is 0 Å². The van der Waals surface area contributed by atoms with Crippen molar-refractivity contribution in [2.45, 2.75) is 101 Å². The minimum atomic E-state index is -3.37. The fourth-order valence-electron chi connectivity index (χ4n) is 11.5. The van der Waals surface area contributed by atoms with Gasteiger partial charge in [0.25, 0.3) is 0 Å². The molecule has 0 bridgehead atoms. The van der Waals surface area contributed by atoms with E-state index in [-0.39, 0.29) is 42.5 Å². The lowest BCUT2D eigenvalue weighted by Crippen LogP contribution is -2.74. The summed E-state index contributed by atoms with van der Waals surface area (Å²) < 4.78 is 25.2. The third-order valence-corrected chi connectivity index (χ3v) is 18.7. The molecule has 112 heavy (non-hydrogen) atoms. The van der Waals surface area contributed by atoms with Gasteiger partial charge in [-0.15, -0.1) is 0 Å². The summed E-state index contributed by atoms with van der Waals surface area (Å²) in [6.07, 6.45) is 6.26. The van der Waals surface area contributed by atoms with Gasteiger partial charge >= 0.3 is 0 Å². The lowest BCUT2D eigenvalue weighted by atomic mass is 9.21. The first-order valence-electron chi connectivity index (χ1n) is 33.8. The topological polar surface area (TPSA) is 224 Å². The summed E-state index contributed by atoms with van der Waals surface area (Å²) in [6.45, 7) is 27.6. The molecule has 0 fully saturated rings. The van der Waals surface area contributed by atoms with Crippen LogP contribution in [0.25, 0.3) is 9.69 Å². The molecule has 0 amide bonds. The first-order valence-corrected chi connectivity index (χ1v) is 35.2. The summed E-state index contributed by atoms with van der Waals surface area (Å²) in [7, 11) is -3.37. The Labute approximate surface area is 666 Å². The average molecular weight is 1490 g/mol. The highest BCUT2D eigenvalue weighted by Gasteiger charge is 2.40. The summed E-state index contributed by atoms with van der Waals surface area (Å²) in [5, 5.41) is 50.3. The maximum atomic E-state index is 12.6. The Balaban J connectivity index is 0.000000442. The van der Waals surface area contributed by atoms with Crippen molar-refractivity contribution in [3.05, 3.63) is 411 Å². The second kappa shape index (κ2) is 48.1. The molecule has 0 radical (unpaired) electrons. The zero-order valence-corrected chi connectivity index (χ0v) is 61.1. The minimum absolute atomic E-state index is 0. The molecule has 0 saturated carbocycles. The van der Waals surface area contributed by atoms with E-state index in [9.17, 15) is 8.42 Å². The summed E-state index contributed by atoms with van der Waals surface area (Å²) >= 11 is 0. The number of rotatable bonds is 2. The van der Waals surface area contributed by atoms with Crippen LogP contribution >= 0.6 is 0 Å². The molecule has 0 unspecified atom stereocenters. The predicted octanol–water partition coefficient (Wildman–Crippen LogP) is 19.2. The monoisotopic (exact) mass is 1490 g/mol. The molecular formula is C96H93B2N11O2S. The van der Waals surface area contributed by atoms with Crippen LogP contribution < -0.4 is 32.8 Å². The van der Waals surface area contributed by atoms with Crippen molar-refractivity contribution in [2.24, 2.45) is 0 Å².